The van der Waals surface area contributed by atoms with Gasteiger partial charge >= 0.3 is 7.12 Å². The molecule has 0 aliphatic carbocycles. The Balaban J connectivity index is 1.77. The van der Waals surface area contributed by atoms with Crippen LogP contribution >= 0.6 is 34.5 Å². The van der Waals surface area contributed by atoms with Gasteiger partial charge in [0.05, 0.1) is 10.0 Å². The van der Waals surface area contributed by atoms with Crippen molar-refractivity contribution >= 4 is 56.5 Å². The van der Waals surface area contributed by atoms with Crippen LogP contribution in [0.2, 0.25) is 10.0 Å². The third kappa shape index (κ3) is 3.40. The van der Waals surface area contributed by atoms with Crippen LogP contribution in [0.15, 0.2) is 42.5 Å². The van der Waals surface area contributed by atoms with E-state index in [1.165, 1.54) is 11.3 Å². The number of ether oxygens (including phenoxy) is 1. The molecule has 0 amide bonds. The van der Waals surface area contributed by atoms with E-state index in [2.05, 4.69) is 0 Å². The molecule has 0 saturated carbocycles. The lowest BCUT2D eigenvalue weighted by Crippen LogP contribution is -2.26. The maximum atomic E-state index is 9.21. The van der Waals surface area contributed by atoms with Crippen molar-refractivity contribution in [3.63, 3.8) is 0 Å². The molecule has 0 bridgehead atoms. The summed E-state index contributed by atoms with van der Waals surface area (Å²) in [4.78, 5) is 0. The molecule has 7 heteroatoms. The number of fused-ring (bicyclic) bond motifs is 1. The summed E-state index contributed by atoms with van der Waals surface area (Å²) in [6.07, 6.45) is 0. The summed E-state index contributed by atoms with van der Waals surface area (Å²) in [7, 11) is -1.44. The lowest BCUT2D eigenvalue weighted by Gasteiger charge is -2.07. The molecule has 0 saturated heterocycles. The van der Waals surface area contributed by atoms with Crippen molar-refractivity contribution in [1.82, 2.24) is 0 Å². The molecule has 1 aromatic heterocycles. The normalized spacial score (nSPS) is 10.9. The Bertz CT molecular complexity index is 820. The van der Waals surface area contributed by atoms with Crippen LogP contribution in [0.25, 0.3) is 10.1 Å². The maximum Gasteiger partial charge on any atom is 0.499 e. The Kier molecular flexibility index (Phi) is 4.61. The number of hydrogen-bond donors (Lipinski definition) is 2. The van der Waals surface area contributed by atoms with E-state index < -0.39 is 7.12 Å². The van der Waals surface area contributed by atoms with Crippen molar-refractivity contribution in [3.8, 4) is 5.75 Å². The summed E-state index contributed by atoms with van der Waals surface area (Å²) >= 11 is 13.2. The number of hydrogen-bond acceptors (Lipinski definition) is 4. The standard InChI is InChI=1S/C15H11BCl2O3S/c17-12-3-2-11(7-13(12)18)21-8-9-1-4-14-10(5-9)6-15(22-14)16(19)20/h1-7,19-20H,8H2. The molecule has 3 rings (SSSR count). The fourth-order valence-electron chi connectivity index (χ4n) is 2.06. The summed E-state index contributed by atoms with van der Waals surface area (Å²) in [5.74, 6) is 0.645. The highest BCUT2D eigenvalue weighted by Crippen LogP contribution is 2.27. The van der Waals surface area contributed by atoms with Crippen LogP contribution in [0.4, 0.5) is 0 Å². The first-order valence-electron chi connectivity index (χ1n) is 6.49. The molecular formula is C15H11BCl2O3S. The Hall–Kier alpha value is -1.24. The molecule has 3 aromatic rings. The van der Waals surface area contributed by atoms with Crippen molar-refractivity contribution in [2.45, 2.75) is 6.61 Å². The van der Waals surface area contributed by atoms with Gasteiger partial charge in [-0.1, -0.05) is 29.3 Å². The summed E-state index contributed by atoms with van der Waals surface area (Å²) in [6.45, 7) is 0.390. The zero-order chi connectivity index (χ0) is 15.7. The molecule has 0 radical (unpaired) electrons. The minimum atomic E-state index is -1.44. The first-order chi connectivity index (χ1) is 10.5. The smallest absolute Gasteiger partial charge is 0.489 e. The minimum Gasteiger partial charge on any atom is -0.489 e. The van der Waals surface area contributed by atoms with E-state index in [0.717, 1.165) is 15.6 Å². The third-order valence-corrected chi connectivity index (χ3v) is 5.05. The SMILES string of the molecule is OB(O)c1cc2cc(COc3ccc(Cl)c(Cl)c3)ccc2s1. The molecule has 22 heavy (non-hydrogen) atoms. The highest BCUT2D eigenvalue weighted by Gasteiger charge is 2.14. The fourth-order valence-corrected chi connectivity index (χ4v) is 3.27. The molecule has 2 N–H and O–H groups in total. The largest absolute Gasteiger partial charge is 0.499 e. The molecule has 0 spiro atoms. The number of thiophene rings is 1. The second-order valence-corrected chi connectivity index (χ2v) is 6.69. The topological polar surface area (TPSA) is 49.7 Å². The van der Waals surface area contributed by atoms with Crippen molar-refractivity contribution in [2.75, 3.05) is 0 Å². The predicted molar refractivity (Wildman–Crippen MR) is 92.4 cm³/mol. The van der Waals surface area contributed by atoms with Gasteiger partial charge in [0.15, 0.2) is 0 Å². The summed E-state index contributed by atoms with van der Waals surface area (Å²) in [5.41, 5.74) is 0.982. The maximum absolute atomic E-state index is 9.21. The average molecular weight is 353 g/mol. The molecule has 1 heterocycles. The highest BCUT2D eigenvalue weighted by atomic mass is 35.5. The van der Waals surface area contributed by atoms with E-state index in [9.17, 15) is 10.0 Å². The molecule has 0 aliphatic rings. The molecule has 2 aromatic carbocycles. The van der Waals surface area contributed by atoms with Crippen LogP contribution in [-0.2, 0) is 6.61 Å². The average Bonchev–Trinajstić information content (AvgIpc) is 2.92. The second kappa shape index (κ2) is 6.48. The van der Waals surface area contributed by atoms with Crippen LogP contribution in [0.3, 0.4) is 0 Å². The van der Waals surface area contributed by atoms with Gasteiger partial charge in [-0.2, -0.15) is 0 Å². The summed E-state index contributed by atoms with van der Waals surface area (Å²) < 4.78 is 7.22. The summed E-state index contributed by atoms with van der Waals surface area (Å²) in [6, 6.07) is 12.8. The fraction of sp³-hybridized carbons (Fsp3) is 0.0667. The van der Waals surface area contributed by atoms with Gasteiger partial charge in [0.1, 0.15) is 12.4 Å². The zero-order valence-electron chi connectivity index (χ0n) is 11.3. The first-order valence-corrected chi connectivity index (χ1v) is 8.06. The number of halogens is 2. The van der Waals surface area contributed by atoms with Crippen LogP contribution in [-0.4, -0.2) is 17.2 Å². The molecule has 0 atom stereocenters. The molecule has 0 unspecified atom stereocenters. The quantitative estimate of drug-likeness (QED) is 0.707. The van der Waals surface area contributed by atoms with Crippen molar-refractivity contribution in [3.05, 3.63) is 58.1 Å². The Morgan fingerprint density at radius 3 is 2.55 bits per heavy atom. The van der Waals surface area contributed by atoms with Gasteiger partial charge in [0.2, 0.25) is 0 Å². The van der Waals surface area contributed by atoms with E-state index in [0.29, 0.717) is 27.2 Å². The molecule has 0 fully saturated rings. The van der Waals surface area contributed by atoms with E-state index in [4.69, 9.17) is 27.9 Å². The van der Waals surface area contributed by atoms with Crippen molar-refractivity contribution in [2.24, 2.45) is 0 Å². The molecular weight excluding hydrogens is 342 g/mol. The first kappa shape index (κ1) is 15.7. The molecule has 0 aliphatic heterocycles. The van der Waals surface area contributed by atoms with Gasteiger partial charge in [-0.05, 0) is 41.3 Å². The number of benzene rings is 2. The molecule has 3 nitrogen and oxygen atoms in total. The molecule has 112 valence electrons. The lowest BCUT2D eigenvalue weighted by atomic mass is 9.89. The Labute approximate surface area is 141 Å². The van der Waals surface area contributed by atoms with E-state index >= 15 is 0 Å². The summed E-state index contributed by atoms with van der Waals surface area (Å²) in [5, 5.41) is 20.3. The highest BCUT2D eigenvalue weighted by molar-refractivity contribution is 7.27. The van der Waals surface area contributed by atoms with Gasteiger partial charge in [-0.3, -0.25) is 0 Å². The predicted octanol–water partition coefficient (Wildman–Crippen LogP) is 3.47. The van der Waals surface area contributed by atoms with Crippen molar-refractivity contribution in [1.29, 1.82) is 0 Å². The Morgan fingerprint density at radius 2 is 1.82 bits per heavy atom. The van der Waals surface area contributed by atoms with Crippen LogP contribution in [0.5, 0.6) is 5.75 Å². The van der Waals surface area contributed by atoms with Crippen LogP contribution in [0, 0.1) is 0 Å². The minimum absolute atomic E-state index is 0.390. The Morgan fingerprint density at radius 1 is 1.00 bits per heavy atom. The zero-order valence-corrected chi connectivity index (χ0v) is 13.6. The lowest BCUT2D eigenvalue weighted by molar-refractivity contribution is 0.306. The van der Waals surface area contributed by atoms with Crippen molar-refractivity contribution < 1.29 is 14.8 Å². The number of rotatable bonds is 4. The third-order valence-electron chi connectivity index (χ3n) is 3.15. The van der Waals surface area contributed by atoms with Crippen LogP contribution < -0.4 is 9.51 Å². The van der Waals surface area contributed by atoms with E-state index in [1.54, 1.807) is 24.3 Å². The van der Waals surface area contributed by atoms with E-state index in [-0.39, 0.29) is 0 Å². The van der Waals surface area contributed by atoms with Gasteiger partial charge in [0, 0.05) is 15.5 Å². The monoisotopic (exact) mass is 352 g/mol. The van der Waals surface area contributed by atoms with Gasteiger partial charge in [-0.15, -0.1) is 11.3 Å². The van der Waals surface area contributed by atoms with E-state index in [1.807, 2.05) is 18.2 Å². The van der Waals surface area contributed by atoms with Gasteiger partial charge in [-0.25, -0.2) is 0 Å². The van der Waals surface area contributed by atoms with Crippen LogP contribution in [0.1, 0.15) is 5.56 Å². The van der Waals surface area contributed by atoms with Gasteiger partial charge in [0.25, 0.3) is 0 Å². The second-order valence-electron chi connectivity index (χ2n) is 4.76. The van der Waals surface area contributed by atoms with Gasteiger partial charge < -0.3 is 14.8 Å².